The minimum atomic E-state index is -0.00741. The van der Waals surface area contributed by atoms with E-state index in [9.17, 15) is 4.79 Å². The van der Waals surface area contributed by atoms with Crippen molar-refractivity contribution in [2.45, 2.75) is 45.7 Å². The fourth-order valence-electron chi connectivity index (χ4n) is 2.78. The molecule has 1 fully saturated rings. The molecule has 2 heterocycles. The summed E-state index contributed by atoms with van der Waals surface area (Å²) in [5.41, 5.74) is 1.34. The second-order valence-corrected chi connectivity index (χ2v) is 6.37. The van der Waals surface area contributed by atoms with Gasteiger partial charge in [0.1, 0.15) is 5.15 Å². The van der Waals surface area contributed by atoms with Crippen LogP contribution in [0.2, 0.25) is 5.15 Å². The Morgan fingerprint density at radius 2 is 1.90 bits per heavy atom. The normalized spacial score (nSPS) is 23.4. The molecule has 0 aliphatic carbocycles. The van der Waals surface area contributed by atoms with Crippen LogP contribution in [0.25, 0.3) is 0 Å². The molecular formula is C14H23ClN4O. The Morgan fingerprint density at radius 3 is 2.40 bits per heavy atom. The molecule has 112 valence electrons. The van der Waals surface area contributed by atoms with Crippen LogP contribution in [-0.2, 0) is 7.05 Å². The predicted octanol–water partition coefficient (Wildman–Crippen LogP) is 2.02. The van der Waals surface area contributed by atoms with Crippen LogP contribution < -0.4 is 5.32 Å². The second kappa shape index (κ2) is 5.74. The highest BCUT2D eigenvalue weighted by Crippen LogP contribution is 2.27. The summed E-state index contributed by atoms with van der Waals surface area (Å²) in [6.07, 6.45) is 0. The Hall–Kier alpha value is -1.07. The fourth-order valence-corrected chi connectivity index (χ4v) is 2.99. The summed E-state index contributed by atoms with van der Waals surface area (Å²) in [6.45, 7) is 9.63. The first-order chi connectivity index (χ1) is 9.31. The minimum absolute atomic E-state index is 0.00741. The second-order valence-electron chi connectivity index (χ2n) is 6.01. The summed E-state index contributed by atoms with van der Waals surface area (Å²) in [7, 11) is 1.77. The number of hydrogen-bond acceptors (Lipinski definition) is 3. The van der Waals surface area contributed by atoms with Crippen molar-refractivity contribution in [3.8, 4) is 0 Å². The highest BCUT2D eigenvalue weighted by atomic mass is 35.5. The maximum Gasteiger partial charge on any atom is 0.259 e. The number of halogens is 1. The van der Waals surface area contributed by atoms with Gasteiger partial charge in [-0.1, -0.05) is 25.4 Å². The van der Waals surface area contributed by atoms with Gasteiger partial charge in [-0.25, -0.2) is 0 Å². The predicted molar refractivity (Wildman–Crippen MR) is 80.3 cm³/mol. The van der Waals surface area contributed by atoms with Gasteiger partial charge in [0.2, 0.25) is 0 Å². The quantitative estimate of drug-likeness (QED) is 0.909. The number of hydrogen-bond donors (Lipinski definition) is 1. The lowest BCUT2D eigenvalue weighted by Gasteiger charge is -2.36. The molecule has 1 aromatic rings. The maximum absolute atomic E-state index is 12.8. The molecule has 0 aromatic carbocycles. The lowest BCUT2D eigenvalue weighted by atomic mass is 10.0. The molecule has 1 aliphatic heterocycles. The third kappa shape index (κ3) is 2.83. The van der Waals surface area contributed by atoms with E-state index in [2.05, 4.69) is 24.3 Å². The first-order valence-electron chi connectivity index (χ1n) is 7.09. The molecule has 1 N–H and O–H groups in total. The molecule has 0 spiro atoms. The highest BCUT2D eigenvalue weighted by molar-refractivity contribution is 6.33. The largest absolute Gasteiger partial charge is 0.335 e. The number of aromatic nitrogens is 2. The Kier molecular flexibility index (Phi) is 4.39. The van der Waals surface area contributed by atoms with Gasteiger partial charge in [-0.2, -0.15) is 5.10 Å². The molecular weight excluding hydrogens is 276 g/mol. The minimum Gasteiger partial charge on any atom is -0.335 e. The van der Waals surface area contributed by atoms with Crippen molar-refractivity contribution < 1.29 is 4.79 Å². The molecule has 0 unspecified atom stereocenters. The molecule has 6 heteroatoms. The molecule has 2 rings (SSSR count). The number of carbonyl (C=O) groups is 1. The number of carbonyl (C=O) groups excluding carboxylic acids is 1. The van der Waals surface area contributed by atoms with E-state index in [1.54, 1.807) is 11.7 Å². The summed E-state index contributed by atoms with van der Waals surface area (Å²) >= 11 is 6.28. The number of nitrogens with zero attached hydrogens (tertiary/aromatic N) is 3. The summed E-state index contributed by atoms with van der Waals surface area (Å²) in [5.74, 6) is 0.164. The van der Waals surface area contributed by atoms with E-state index in [0.717, 1.165) is 5.69 Å². The van der Waals surface area contributed by atoms with Crippen LogP contribution >= 0.6 is 11.6 Å². The third-order valence-corrected chi connectivity index (χ3v) is 4.04. The van der Waals surface area contributed by atoms with Gasteiger partial charge in [-0.3, -0.25) is 9.48 Å². The monoisotopic (exact) mass is 298 g/mol. The van der Waals surface area contributed by atoms with Crippen molar-refractivity contribution in [2.24, 2.45) is 7.05 Å². The van der Waals surface area contributed by atoms with E-state index in [1.807, 2.05) is 18.7 Å². The highest BCUT2D eigenvalue weighted by Gasteiger charge is 2.31. The molecule has 20 heavy (non-hydrogen) atoms. The van der Waals surface area contributed by atoms with Crippen LogP contribution in [0.5, 0.6) is 0 Å². The van der Waals surface area contributed by atoms with Gasteiger partial charge in [0, 0.05) is 32.2 Å². The standard InChI is InChI=1S/C14H23ClN4O/c1-8(2)12-11(13(15)18(5)17-12)14(20)19-6-9(3)16-10(4)7-19/h8-10,16H,6-7H2,1-5H3/t9-,10-/m0/s1. The van der Waals surface area contributed by atoms with Gasteiger partial charge < -0.3 is 10.2 Å². The van der Waals surface area contributed by atoms with E-state index in [1.165, 1.54) is 0 Å². The Bertz CT molecular complexity index is 502. The number of piperazine rings is 1. The number of rotatable bonds is 2. The Balaban J connectivity index is 2.33. The van der Waals surface area contributed by atoms with Gasteiger partial charge in [0.15, 0.2) is 0 Å². The molecule has 2 atom stereocenters. The van der Waals surface area contributed by atoms with E-state index < -0.39 is 0 Å². The van der Waals surface area contributed by atoms with E-state index >= 15 is 0 Å². The molecule has 5 nitrogen and oxygen atoms in total. The van der Waals surface area contributed by atoms with Crippen molar-refractivity contribution in [3.05, 3.63) is 16.4 Å². The lowest BCUT2D eigenvalue weighted by Crippen LogP contribution is -2.55. The van der Waals surface area contributed by atoms with Crippen LogP contribution in [0.4, 0.5) is 0 Å². The Labute approximate surface area is 125 Å². The molecule has 1 aromatic heterocycles. The first-order valence-corrected chi connectivity index (χ1v) is 7.46. The number of nitrogens with one attached hydrogen (secondary N) is 1. The first kappa shape index (κ1) is 15.3. The molecule has 1 amide bonds. The Morgan fingerprint density at radius 1 is 1.35 bits per heavy atom. The fraction of sp³-hybridized carbons (Fsp3) is 0.714. The van der Waals surface area contributed by atoms with Gasteiger partial charge in [-0.15, -0.1) is 0 Å². The zero-order valence-electron chi connectivity index (χ0n) is 12.8. The number of amides is 1. The summed E-state index contributed by atoms with van der Waals surface area (Å²) in [6, 6.07) is 0.585. The summed E-state index contributed by atoms with van der Waals surface area (Å²) < 4.78 is 1.58. The van der Waals surface area contributed by atoms with Crippen LogP contribution in [0.15, 0.2) is 0 Å². The number of aryl methyl sites for hydroxylation is 1. The SMILES string of the molecule is CC(C)c1nn(C)c(Cl)c1C(=O)N1C[C@H](C)N[C@@H](C)C1. The summed E-state index contributed by atoms with van der Waals surface area (Å²) in [4.78, 5) is 14.7. The van der Waals surface area contributed by atoms with Gasteiger partial charge in [0.05, 0.1) is 11.3 Å². The van der Waals surface area contributed by atoms with Gasteiger partial charge in [-0.05, 0) is 19.8 Å². The molecule has 0 saturated carbocycles. The lowest BCUT2D eigenvalue weighted by molar-refractivity contribution is 0.0672. The average molecular weight is 299 g/mol. The van der Waals surface area contributed by atoms with Crippen molar-refractivity contribution in [3.63, 3.8) is 0 Å². The smallest absolute Gasteiger partial charge is 0.259 e. The molecule has 1 saturated heterocycles. The van der Waals surface area contributed by atoms with Gasteiger partial charge in [0.25, 0.3) is 5.91 Å². The van der Waals surface area contributed by atoms with E-state index in [-0.39, 0.29) is 11.8 Å². The summed E-state index contributed by atoms with van der Waals surface area (Å²) in [5, 5.41) is 8.24. The van der Waals surface area contributed by atoms with Crippen molar-refractivity contribution >= 4 is 17.5 Å². The average Bonchev–Trinajstić information content (AvgIpc) is 2.64. The van der Waals surface area contributed by atoms with Crippen molar-refractivity contribution in [1.29, 1.82) is 0 Å². The zero-order valence-corrected chi connectivity index (χ0v) is 13.5. The van der Waals surface area contributed by atoms with Crippen LogP contribution in [0, 0.1) is 0 Å². The van der Waals surface area contributed by atoms with Crippen LogP contribution in [0.1, 0.15) is 49.7 Å². The topological polar surface area (TPSA) is 50.2 Å². The molecule has 0 radical (unpaired) electrons. The molecule has 0 bridgehead atoms. The van der Waals surface area contributed by atoms with Crippen molar-refractivity contribution in [2.75, 3.05) is 13.1 Å². The van der Waals surface area contributed by atoms with Crippen LogP contribution in [0.3, 0.4) is 0 Å². The maximum atomic E-state index is 12.8. The van der Waals surface area contributed by atoms with Crippen LogP contribution in [-0.4, -0.2) is 45.8 Å². The molecule has 1 aliphatic rings. The van der Waals surface area contributed by atoms with Gasteiger partial charge >= 0.3 is 0 Å². The van der Waals surface area contributed by atoms with Crippen molar-refractivity contribution in [1.82, 2.24) is 20.0 Å². The van der Waals surface area contributed by atoms with E-state index in [0.29, 0.717) is 35.9 Å². The zero-order chi connectivity index (χ0) is 15.0. The van der Waals surface area contributed by atoms with E-state index in [4.69, 9.17) is 11.6 Å². The third-order valence-electron chi connectivity index (χ3n) is 3.61.